The van der Waals surface area contributed by atoms with E-state index >= 15 is 0 Å². The third kappa shape index (κ3) is 3.56. The third-order valence-corrected chi connectivity index (χ3v) is 4.35. The molecule has 0 spiro atoms. The molecule has 2 N–H and O–H groups in total. The van der Waals surface area contributed by atoms with Crippen LogP contribution in [0.1, 0.15) is 17.3 Å². The number of hydrogen-bond donors (Lipinski definition) is 2. The second-order valence-electron chi connectivity index (χ2n) is 4.09. The third-order valence-electron chi connectivity index (χ3n) is 2.55. The topological polar surface area (TPSA) is 105 Å². The minimum atomic E-state index is -4.00. The zero-order valence-electron chi connectivity index (χ0n) is 10.8. The van der Waals surface area contributed by atoms with Gasteiger partial charge in [0.05, 0.1) is 23.1 Å². The number of aliphatic hydroxyl groups is 1. The van der Waals surface area contributed by atoms with Crippen LogP contribution in [-0.4, -0.2) is 23.7 Å². The molecule has 1 aromatic carbocycles. The first-order valence-corrected chi connectivity index (χ1v) is 7.57. The molecule has 0 radical (unpaired) electrons. The van der Waals surface area contributed by atoms with Crippen molar-refractivity contribution in [1.82, 2.24) is 14.9 Å². The summed E-state index contributed by atoms with van der Waals surface area (Å²) >= 11 is 5.61. The number of aliphatic hydroxyl groups excluding tert-OH is 1. The monoisotopic (exact) mass is 335 g/mol. The Hall–Kier alpha value is -1.55. The van der Waals surface area contributed by atoms with Gasteiger partial charge in [-0.1, -0.05) is 16.8 Å². The van der Waals surface area contributed by atoms with Gasteiger partial charge in [0.2, 0.25) is 15.9 Å². The highest BCUT2D eigenvalue weighted by molar-refractivity contribution is 7.89. The second kappa shape index (κ2) is 6.06. The number of aryl methyl sites for hydroxylation is 1. The summed E-state index contributed by atoms with van der Waals surface area (Å²) in [7, 11) is -4.00. The lowest BCUT2D eigenvalue weighted by Crippen LogP contribution is -2.24. The molecule has 0 aliphatic rings. The number of halogens is 2. The SMILES string of the molecule is Cc1nc(CNS(=O)(=O)c2cc(F)c(Cl)c(CO)c2)no1. The average Bonchev–Trinajstić information content (AvgIpc) is 2.85. The zero-order valence-corrected chi connectivity index (χ0v) is 12.4. The molecule has 7 nitrogen and oxygen atoms in total. The van der Waals surface area contributed by atoms with Gasteiger partial charge in [0.15, 0.2) is 5.82 Å². The lowest BCUT2D eigenvalue weighted by atomic mass is 10.2. The van der Waals surface area contributed by atoms with Crippen LogP contribution >= 0.6 is 11.6 Å². The van der Waals surface area contributed by atoms with E-state index in [-0.39, 0.29) is 27.9 Å². The molecule has 0 fully saturated rings. The standard InChI is InChI=1S/C11H11ClFN3O4S/c1-6-15-10(16-20-6)4-14-21(18,19)8-2-7(5-17)11(12)9(13)3-8/h2-3,14,17H,4-5H2,1H3. The number of hydrogen-bond acceptors (Lipinski definition) is 6. The van der Waals surface area contributed by atoms with Crippen LogP contribution in [-0.2, 0) is 23.2 Å². The first-order valence-electron chi connectivity index (χ1n) is 5.71. The molecule has 114 valence electrons. The average molecular weight is 336 g/mol. The summed E-state index contributed by atoms with van der Waals surface area (Å²) in [6, 6.07) is 1.86. The summed E-state index contributed by atoms with van der Waals surface area (Å²) in [5.74, 6) is -0.490. The van der Waals surface area contributed by atoms with Crippen molar-refractivity contribution in [3.8, 4) is 0 Å². The molecular formula is C11H11ClFN3O4S. The van der Waals surface area contributed by atoms with Crippen LogP contribution in [0.5, 0.6) is 0 Å². The number of nitrogens with one attached hydrogen (secondary N) is 1. The van der Waals surface area contributed by atoms with Gasteiger partial charge in [-0.25, -0.2) is 17.5 Å². The van der Waals surface area contributed by atoms with E-state index in [1.54, 1.807) is 6.92 Å². The molecule has 21 heavy (non-hydrogen) atoms. The van der Waals surface area contributed by atoms with Gasteiger partial charge in [0.25, 0.3) is 0 Å². The van der Waals surface area contributed by atoms with E-state index in [1.807, 2.05) is 0 Å². The Bertz CT molecular complexity index is 763. The molecule has 0 unspecified atom stereocenters. The molecule has 2 aromatic rings. The van der Waals surface area contributed by atoms with Crippen molar-refractivity contribution in [2.24, 2.45) is 0 Å². The fraction of sp³-hybridized carbons (Fsp3) is 0.273. The van der Waals surface area contributed by atoms with Gasteiger partial charge in [-0.2, -0.15) is 4.98 Å². The summed E-state index contributed by atoms with van der Waals surface area (Å²) in [6.07, 6.45) is 0. The molecule has 0 saturated heterocycles. The van der Waals surface area contributed by atoms with Crippen LogP contribution in [0, 0.1) is 12.7 Å². The summed E-state index contributed by atoms with van der Waals surface area (Å²) in [4.78, 5) is 3.48. The minimum absolute atomic E-state index is 0.0209. The van der Waals surface area contributed by atoms with Gasteiger partial charge < -0.3 is 9.63 Å². The van der Waals surface area contributed by atoms with Gasteiger partial charge >= 0.3 is 0 Å². The van der Waals surface area contributed by atoms with E-state index in [1.165, 1.54) is 0 Å². The minimum Gasteiger partial charge on any atom is -0.392 e. The summed E-state index contributed by atoms with van der Waals surface area (Å²) in [6.45, 7) is 0.772. The van der Waals surface area contributed by atoms with Crippen LogP contribution in [0.3, 0.4) is 0 Å². The van der Waals surface area contributed by atoms with E-state index in [2.05, 4.69) is 14.9 Å². The fourth-order valence-corrected chi connectivity index (χ4v) is 2.76. The van der Waals surface area contributed by atoms with E-state index in [9.17, 15) is 12.8 Å². The number of aromatic nitrogens is 2. The Morgan fingerprint density at radius 3 is 2.76 bits per heavy atom. The smallest absolute Gasteiger partial charge is 0.241 e. The fourth-order valence-electron chi connectivity index (χ4n) is 1.54. The van der Waals surface area contributed by atoms with Crippen molar-refractivity contribution in [1.29, 1.82) is 0 Å². The highest BCUT2D eigenvalue weighted by Crippen LogP contribution is 2.24. The highest BCUT2D eigenvalue weighted by Gasteiger charge is 2.19. The van der Waals surface area contributed by atoms with Crippen LogP contribution < -0.4 is 4.72 Å². The molecule has 10 heteroatoms. The van der Waals surface area contributed by atoms with E-state index in [0.29, 0.717) is 5.89 Å². The normalized spacial score (nSPS) is 11.8. The summed E-state index contributed by atoms with van der Waals surface area (Å²) in [5, 5.41) is 12.3. The molecule has 0 aliphatic carbocycles. The molecule has 0 atom stereocenters. The maximum Gasteiger partial charge on any atom is 0.241 e. The quantitative estimate of drug-likeness (QED) is 0.849. The van der Waals surface area contributed by atoms with Gasteiger partial charge in [0.1, 0.15) is 5.82 Å². The van der Waals surface area contributed by atoms with Crippen molar-refractivity contribution in [3.05, 3.63) is 40.3 Å². The molecule has 2 rings (SSSR count). The molecule has 0 aliphatic heterocycles. The second-order valence-corrected chi connectivity index (χ2v) is 6.24. The van der Waals surface area contributed by atoms with E-state index in [0.717, 1.165) is 12.1 Å². The van der Waals surface area contributed by atoms with Gasteiger partial charge in [-0.3, -0.25) is 0 Å². The maximum atomic E-state index is 13.5. The van der Waals surface area contributed by atoms with Crippen molar-refractivity contribution in [2.75, 3.05) is 0 Å². The number of rotatable bonds is 5. The molecule has 1 aromatic heterocycles. The molecule has 0 saturated carbocycles. The molecule has 1 heterocycles. The maximum absolute atomic E-state index is 13.5. The van der Waals surface area contributed by atoms with E-state index in [4.69, 9.17) is 21.2 Å². The highest BCUT2D eigenvalue weighted by atomic mass is 35.5. The Balaban J connectivity index is 2.25. The van der Waals surface area contributed by atoms with Gasteiger partial charge in [-0.05, 0) is 12.1 Å². The first kappa shape index (κ1) is 15.8. The zero-order chi connectivity index (χ0) is 15.6. The van der Waals surface area contributed by atoms with Gasteiger partial charge in [-0.15, -0.1) is 0 Å². The molecule has 0 amide bonds. The summed E-state index contributed by atoms with van der Waals surface area (Å²) in [5.41, 5.74) is -0.0209. The molecular weight excluding hydrogens is 325 g/mol. The van der Waals surface area contributed by atoms with Crippen molar-refractivity contribution in [2.45, 2.75) is 25.0 Å². The van der Waals surface area contributed by atoms with Crippen LogP contribution in [0.25, 0.3) is 0 Å². The Morgan fingerprint density at radius 1 is 1.48 bits per heavy atom. The lowest BCUT2D eigenvalue weighted by Gasteiger charge is -2.08. The predicted octanol–water partition coefficient (Wildman–Crippen LogP) is 1.14. The molecule has 0 bridgehead atoms. The van der Waals surface area contributed by atoms with Crippen molar-refractivity contribution >= 4 is 21.6 Å². The van der Waals surface area contributed by atoms with Crippen molar-refractivity contribution in [3.63, 3.8) is 0 Å². The summed E-state index contributed by atoms with van der Waals surface area (Å²) < 4.78 is 44.6. The van der Waals surface area contributed by atoms with Crippen molar-refractivity contribution < 1.29 is 22.4 Å². The largest absolute Gasteiger partial charge is 0.392 e. The lowest BCUT2D eigenvalue weighted by molar-refractivity contribution is 0.281. The Labute approximate surface area is 124 Å². The van der Waals surface area contributed by atoms with Gasteiger partial charge in [0, 0.05) is 12.5 Å². The first-order chi connectivity index (χ1) is 9.83. The van der Waals surface area contributed by atoms with Crippen LogP contribution in [0.4, 0.5) is 4.39 Å². The van der Waals surface area contributed by atoms with E-state index < -0.39 is 22.4 Å². The number of benzene rings is 1. The number of sulfonamides is 1. The Morgan fingerprint density at radius 2 is 2.19 bits per heavy atom. The Kier molecular flexibility index (Phi) is 4.57. The number of nitrogens with zero attached hydrogens (tertiary/aromatic N) is 2. The predicted molar refractivity (Wildman–Crippen MR) is 70.4 cm³/mol. The van der Waals surface area contributed by atoms with Crippen LogP contribution in [0.15, 0.2) is 21.6 Å². The van der Waals surface area contributed by atoms with Crippen LogP contribution in [0.2, 0.25) is 5.02 Å².